The second-order valence-corrected chi connectivity index (χ2v) is 14.9. The van der Waals surface area contributed by atoms with Gasteiger partial charge in [0.25, 0.3) is 10.0 Å². The van der Waals surface area contributed by atoms with Gasteiger partial charge in [-0.15, -0.1) is 23.7 Å². The highest BCUT2D eigenvalue weighted by Gasteiger charge is 2.35. The summed E-state index contributed by atoms with van der Waals surface area (Å²) in [4.78, 5) is 22.0. The molecule has 0 N–H and O–H groups in total. The third kappa shape index (κ3) is 6.09. The van der Waals surface area contributed by atoms with Crippen molar-refractivity contribution in [1.29, 1.82) is 0 Å². The van der Waals surface area contributed by atoms with Crippen LogP contribution in [0.3, 0.4) is 0 Å². The number of amides is 1. The number of thiazole rings is 1. The molecule has 0 aliphatic carbocycles. The number of halogens is 1. The number of anilines is 1. The molecule has 1 aliphatic heterocycles. The first-order valence-corrected chi connectivity index (χ1v) is 16.1. The Labute approximate surface area is 226 Å². The van der Waals surface area contributed by atoms with Crippen LogP contribution in [0, 0.1) is 5.92 Å². The molecule has 1 fully saturated rings. The summed E-state index contributed by atoms with van der Waals surface area (Å²) in [6, 6.07) is 8.31. The lowest BCUT2D eigenvalue weighted by molar-refractivity contribution is -0.123. The van der Waals surface area contributed by atoms with Crippen LogP contribution < -0.4 is 4.90 Å². The van der Waals surface area contributed by atoms with Gasteiger partial charge in [0, 0.05) is 38.4 Å². The molecule has 0 unspecified atom stereocenters. The quantitative estimate of drug-likeness (QED) is 0.395. The Morgan fingerprint density at radius 1 is 1.08 bits per heavy atom. The van der Waals surface area contributed by atoms with Crippen LogP contribution in [-0.4, -0.2) is 83.5 Å². The van der Waals surface area contributed by atoms with Crippen LogP contribution in [0.4, 0.5) is 5.13 Å². The monoisotopic (exact) mass is 592 g/mol. The van der Waals surface area contributed by atoms with Gasteiger partial charge in [-0.1, -0.05) is 23.5 Å². The van der Waals surface area contributed by atoms with Crippen LogP contribution in [0.2, 0.25) is 0 Å². The van der Waals surface area contributed by atoms with E-state index in [2.05, 4.69) is 4.98 Å². The van der Waals surface area contributed by atoms with Crippen LogP contribution in [0.15, 0.2) is 44.8 Å². The number of sulfonamides is 1. The van der Waals surface area contributed by atoms with E-state index in [0.29, 0.717) is 45.5 Å². The molecule has 3 heterocycles. The number of sulfone groups is 1. The number of benzene rings is 1. The Kier molecular flexibility index (Phi) is 9.18. The van der Waals surface area contributed by atoms with Gasteiger partial charge in [-0.2, -0.15) is 4.31 Å². The van der Waals surface area contributed by atoms with Crippen LogP contribution in [0.5, 0.6) is 0 Å². The first kappa shape index (κ1) is 29.0. The lowest BCUT2D eigenvalue weighted by Crippen LogP contribution is -2.45. The number of nitrogens with zero attached hydrogens (tertiary/aromatic N) is 4. The normalized spacial score (nSPS) is 15.8. The second-order valence-electron chi connectivity index (χ2n) is 8.78. The summed E-state index contributed by atoms with van der Waals surface area (Å²) in [6.45, 7) is 1.55. The van der Waals surface area contributed by atoms with E-state index in [1.807, 2.05) is 19.0 Å². The van der Waals surface area contributed by atoms with Crippen molar-refractivity contribution >= 4 is 76.2 Å². The number of rotatable bonds is 8. The highest BCUT2D eigenvalue weighted by atomic mass is 35.5. The molecule has 2 aromatic heterocycles. The molecular weight excluding hydrogens is 564 g/mol. The maximum absolute atomic E-state index is 13.6. The third-order valence-electron chi connectivity index (χ3n) is 5.93. The van der Waals surface area contributed by atoms with Gasteiger partial charge < -0.3 is 4.90 Å². The highest BCUT2D eigenvalue weighted by Crippen LogP contribution is 2.34. The van der Waals surface area contributed by atoms with Gasteiger partial charge in [0.15, 0.2) is 15.0 Å². The summed E-state index contributed by atoms with van der Waals surface area (Å²) in [5.74, 6) is -0.451. The van der Waals surface area contributed by atoms with Crippen molar-refractivity contribution < 1.29 is 21.6 Å². The average molecular weight is 593 g/mol. The number of likely N-dealkylation sites (N-methyl/N-ethyl adjacent to an activating group) is 1. The van der Waals surface area contributed by atoms with Crippen molar-refractivity contribution in [3.8, 4) is 0 Å². The number of para-hydroxylation sites is 1. The maximum Gasteiger partial charge on any atom is 0.252 e. The molecule has 1 aliphatic rings. The van der Waals surface area contributed by atoms with Crippen molar-refractivity contribution in [3.63, 3.8) is 0 Å². The zero-order valence-corrected chi connectivity index (χ0v) is 24.2. The van der Waals surface area contributed by atoms with Gasteiger partial charge in [0.2, 0.25) is 5.91 Å². The number of hydrogen-bond donors (Lipinski definition) is 0. The molecule has 198 valence electrons. The highest BCUT2D eigenvalue weighted by molar-refractivity contribution is 7.91. The maximum atomic E-state index is 13.6. The fourth-order valence-electron chi connectivity index (χ4n) is 4.03. The van der Waals surface area contributed by atoms with Gasteiger partial charge in [-0.25, -0.2) is 21.8 Å². The Morgan fingerprint density at radius 2 is 1.78 bits per heavy atom. The summed E-state index contributed by atoms with van der Waals surface area (Å²) in [6.07, 6.45) is 1.98. The molecule has 14 heteroatoms. The number of piperidine rings is 1. The van der Waals surface area contributed by atoms with E-state index >= 15 is 0 Å². The van der Waals surface area contributed by atoms with Crippen molar-refractivity contribution in [3.05, 3.63) is 35.7 Å². The third-order valence-corrected chi connectivity index (χ3v) is 11.4. The van der Waals surface area contributed by atoms with Crippen molar-refractivity contribution in [2.75, 3.05) is 51.4 Å². The van der Waals surface area contributed by atoms with Crippen LogP contribution in [0.25, 0.3) is 10.2 Å². The number of carbonyl (C=O) groups is 1. The Balaban J connectivity index is 0.00000361. The predicted molar refractivity (Wildman–Crippen MR) is 147 cm³/mol. The van der Waals surface area contributed by atoms with Gasteiger partial charge in [0.1, 0.15) is 9.73 Å². The molecule has 0 atom stereocenters. The van der Waals surface area contributed by atoms with Crippen LogP contribution >= 0.6 is 35.1 Å². The van der Waals surface area contributed by atoms with Crippen LogP contribution in [-0.2, 0) is 24.7 Å². The molecule has 1 saturated heterocycles. The number of carbonyl (C=O) groups excluding carboxylic acids is 1. The van der Waals surface area contributed by atoms with E-state index in [-0.39, 0.29) is 42.2 Å². The lowest BCUT2D eigenvalue weighted by atomic mass is 9.96. The first-order chi connectivity index (χ1) is 16.5. The fourth-order valence-corrected chi connectivity index (χ4v) is 8.56. The Morgan fingerprint density at radius 3 is 2.36 bits per heavy atom. The molecule has 0 saturated carbocycles. The minimum Gasteiger partial charge on any atom is -0.308 e. The molecule has 36 heavy (non-hydrogen) atoms. The van der Waals surface area contributed by atoms with Gasteiger partial charge in [-0.05, 0) is 50.5 Å². The summed E-state index contributed by atoms with van der Waals surface area (Å²) < 4.78 is 52.6. The van der Waals surface area contributed by atoms with Crippen molar-refractivity contribution in [2.24, 2.45) is 5.92 Å². The fraction of sp³-hybridized carbons (Fsp3) is 0.455. The molecule has 3 aromatic rings. The standard InChI is InChI=1S/C22H28N4O5S4.ClH/c1-24(2)13-14-26(22-23-20-17(33-22)6-4-7-18(20)34(3,28)29)21(27)16-9-11-25(12-10-16)35(30,31)19-8-5-15-32-19;/h4-8,15-16H,9-14H2,1-3H3;1H. The molecule has 1 amide bonds. The average Bonchev–Trinajstić information content (AvgIpc) is 3.48. The number of hydrogen-bond acceptors (Lipinski definition) is 9. The molecule has 4 rings (SSSR count). The molecule has 9 nitrogen and oxygen atoms in total. The van der Waals surface area contributed by atoms with Crippen LogP contribution in [0.1, 0.15) is 12.8 Å². The summed E-state index contributed by atoms with van der Waals surface area (Å²) >= 11 is 2.48. The van der Waals surface area contributed by atoms with Gasteiger partial charge in [0.05, 0.1) is 9.60 Å². The van der Waals surface area contributed by atoms with E-state index in [4.69, 9.17) is 0 Å². The molecule has 1 aromatic carbocycles. The van der Waals surface area contributed by atoms with Crippen molar-refractivity contribution in [1.82, 2.24) is 14.2 Å². The lowest BCUT2D eigenvalue weighted by Gasteiger charge is -2.33. The van der Waals surface area contributed by atoms with Gasteiger partial charge in [-0.3, -0.25) is 9.69 Å². The summed E-state index contributed by atoms with van der Waals surface area (Å²) in [5, 5.41) is 2.19. The zero-order valence-electron chi connectivity index (χ0n) is 20.2. The van der Waals surface area contributed by atoms with E-state index in [0.717, 1.165) is 6.26 Å². The summed E-state index contributed by atoms with van der Waals surface area (Å²) in [5.41, 5.74) is 0.370. The van der Waals surface area contributed by atoms with E-state index in [1.54, 1.807) is 34.5 Å². The molecule has 0 bridgehead atoms. The molecule has 0 radical (unpaired) electrons. The van der Waals surface area contributed by atoms with Gasteiger partial charge >= 0.3 is 0 Å². The Hall–Kier alpha value is -1.61. The number of thiophene rings is 1. The molecule has 0 spiro atoms. The minimum absolute atomic E-state index is 0. The largest absolute Gasteiger partial charge is 0.308 e. The van der Waals surface area contributed by atoms with Crippen molar-refractivity contribution in [2.45, 2.75) is 21.9 Å². The first-order valence-electron chi connectivity index (χ1n) is 11.1. The second kappa shape index (κ2) is 11.4. The number of aromatic nitrogens is 1. The van der Waals surface area contributed by atoms with E-state index in [9.17, 15) is 21.6 Å². The SMILES string of the molecule is CN(C)CCN(C(=O)C1CCN(S(=O)(=O)c2cccs2)CC1)c1nc2c(S(C)(=O)=O)cccc2s1.Cl. The topological polar surface area (TPSA) is 108 Å². The Bertz CT molecular complexity index is 1410. The number of fused-ring (bicyclic) bond motifs is 1. The summed E-state index contributed by atoms with van der Waals surface area (Å²) in [7, 11) is -3.19. The molecular formula is C22H29ClN4O5S4. The van der Waals surface area contributed by atoms with E-state index < -0.39 is 19.9 Å². The predicted octanol–water partition coefficient (Wildman–Crippen LogP) is 3.18. The van der Waals surface area contributed by atoms with E-state index in [1.165, 1.54) is 33.0 Å². The minimum atomic E-state index is -3.54. The smallest absolute Gasteiger partial charge is 0.252 e. The zero-order chi connectivity index (χ0) is 25.4.